The molecule has 0 saturated carbocycles. The van der Waals surface area contributed by atoms with Gasteiger partial charge in [0.2, 0.25) is 0 Å². The molecule has 17 heavy (non-hydrogen) atoms. The standard InChI is InChI=1S/C14H21ClN2/c1-9-6-10(2)11(3)17(8-9)14-5-4-12(15)7-13(14)16/h4-5,7,9-11H,6,8,16H2,1-3H3. The fourth-order valence-electron chi connectivity index (χ4n) is 2.82. The molecule has 2 nitrogen and oxygen atoms in total. The number of benzene rings is 1. The Hall–Kier alpha value is -0.890. The maximum atomic E-state index is 6.08. The van der Waals surface area contributed by atoms with Crippen LogP contribution in [0.15, 0.2) is 18.2 Å². The molecule has 3 unspecified atom stereocenters. The molecule has 1 saturated heterocycles. The van der Waals surface area contributed by atoms with Crippen LogP contribution in [-0.4, -0.2) is 12.6 Å². The quantitative estimate of drug-likeness (QED) is 0.771. The van der Waals surface area contributed by atoms with Gasteiger partial charge in [-0.15, -0.1) is 0 Å². The highest BCUT2D eigenvalue weighted by molar-refractivity contribution is 6.31. The second-order valence-electron chi connectivity index (χ2n) is 5.41. The Balaban J connectivity index is 2.31. The predicted octanol–water partition coefficient (Wildman–Crippen LogP) is 3.79. The van der Waals surface area contributed by atoms with Crippen LogP contribution in [0.5, 0.6) is 0 Å². The van der Waals surface area contributed by atoms with Gasteiger partial charge < -0.3 is 10.6 Å². The lowest BCUT2D eigenvalue weighted by Crippen LogP contribution is -2.46. The molecule has 0 aromatic heterocycles. The maximum Gasteiger partial charge on any atom is 0.0603 e. The van der Waals surface area contributed by atoms with E-state index >= 15 is 0 Å². The van der Waals surface area contributed by atoms with Gasteiger partial charge in [-0.25, -0.2) is 0 Å². The number of rotatable bonds is 1. The van der Waals surface area contributed by atoms with E-state index in [0.717, 1.165) is 23.8 Å². The highest BCUT2D eigenvalue weighted by Crippen LogP contribution is 2.35. The van der Waals surface area contributed by atoms with Crippen molar-refractivity contribution in [2.24, 2.45) is 11.8 Å². The summed E-state index contributed by atoms with van der Waals surface area (Å²) in [5.41, 5.74) is 7.99. The molecule has 1 aliphatic heterocycles. The van der Waals surface area contributed by atoms with E-state index in [2.05, 4.69) is 25.7 Å². The molecule has 1 heterocycles. The monoisotopic (exact) mass is 252 g/mol. The van der Waals surface area contributed by atoms with Gasteiger partial charge in [0, 0.05) is 17.6 Å². The first-order valence-electron chi connectivity index (χ1n) is 6.30. The smallest absolute Gasteiger partial charge is 0.0603 e. The zero-order valence-corrected chi connectivity index (χ0v) is 11.5. The minimum atomic E-state index is 0.537. The Morgan fingerprint density at radius 1 is 1.29 bits per heavy atom. The van der Waals surface area contributed by atoms with E-state index in [1.807, 2.05) is 18.2 Å². The minimum absolute atomic E-state index is 0.537. The molecule has 1 aliphatic rings. The predicted molar refractivity (Wildman–Crippen MR) is 75.6 cm³/mol. The summed E-state index contributed by atoms with van der Waals surface area (Å²) in [6.07, 6.45) is 1.30. The van der Waals surface area contributed by atoms with Crippen LogP contribution in [0.1, 0.15) is 27.2 Å². The molecule has 2 rings (SSSR count). The fourth-order valence-corrected chi connectivity index (χ4v) is 3.00. The molecule has 2 N–H and O–H groups in total. The Kier molecular flexibility index (Phi) is 3.53. The molecule has 1 aromatic rings. The summed E-state index contributed by atoms with van der Waals surface area (Å²) in [6.45, 7) is 7.99. The van der Waals surface area contributed by atoms with Gasteiger partial charge in [0.1, 0.15) is 0 Å². The van der Waals surface area contributed by atoms with Crippen LogP contribution >= 0.6 is 11.6 Å². The molecule has 1 fully saturated rings. The summed E-state index contributed by atoms with van der Waals surface area (Å²) in [5.74, 6) is 1.42. The van der Waals surface area contributed by atoms with Crippen LogP contribution in [0.2, 0.25) is 5.02 Å². The minimum Gasteiger partial charge on any atom is -0.397 e. The van der Waals surface area contributed by atoms with Crippen molar-refractivity contribution in [3.63, 3.8) is 0 Å². The van der Waals surface area contributed by atoms with Crippen molar-refractivity contribution in [3.05, 3.63) is 23.2 Å². The first kappa shape index (κ1) is 12.6. The molecule has 0 radical (unpaired) electrons. The average Bonchev–Trinajstić information content (AvgIpc) is 2.24. The van der Waals surface area contributed by atoms with Gasteiger partial charge in [0.25, 0.3) is 0 Å². The topological polar surface area (TPSA) is 29.3 Å². The van der Waals surface area contributed by atoms with Crippen molar-refractivity contribution in [2.75, 3.05) is 17.2 Å². The third kappa shape index (κ3) is 2.52. The van der Waals surface area contributed by atoms with E-state index in [-0.39, 0.29) is 0 Å². The van der Waals surface area contributed by atoms with E-state index in [1.165, 1.54) is 6.42 Å². The summed E-state index contributed by atoms with van der Waals surface area (Å²) < 4.78 is 0. The third-order valence-corrected chi connectivity index (χ3v) is 4.13. The Labute approximate surface area is 109 Å². The third-order valence-electron chi connectivity index (χ3n) is 3.90. The van der Waals surface area contributed by atoms with Crippen LogP contribution in [-0.2, 0) is 0 Å². The molecule has 1 aromatic carbocycles. The van der Waals surface area contributed by atoms with Gasteiger partial charge in [-0.1, -0.05) is 25.4 Å². The van der Waals surface area contributed by atoms with Gasteiger partial charge in [-0.3, -0.25) is 0 Å². The number of nitrogens with two attached hydrogens (primary N) is 1. The number of nitrogens with zero attached hydrogens (tertiary/aromatic N) is 1. The SMILES string of the molecule is CC1CC(C)C(C)N(c2ccc(Cl)cc2N)C1. The number of nitrogen functional groups attached to an aromatic ring is 1. The highest BCUT2D eigenvalue weighted by atomic mass is 35.5. The average molecular weight is 253 g/mol. The molecule has 0 amide bonds. The van der Waals surface area contributed by atoms with Gasteiger partial charge in [-0.2, -0.15) is 0 Å². The van der Waals surface area contributed by atoms with Gasteiger partial charge in [-0.05, 0) is 43.4 Å². The summed E-state index contributed by atoms with van der Waals surface area (Å²) in [5, 5.41) is 0.706. The van der Waals surface area contributed by atoms with Crippen molar-refractivity contribution in [3.8, 4) is 0 Å². The van der Waals surface area contributed by atoms with Crippen LogP contribution < -0.4 is 10.6 Å². The van der Waals surface area contributed by atoms with Gasteiger partial charge in [0.15, 0.2) is 0 Å². The fraction of sp³-hybridized carbons (Fsp3) is 0.571. The van der Waals surface area contributed by atoms with Crippen molar-refractivity contribution in [2.45, 2.75) is 33.2 Å². The van der Waals surface area contributed by atoms with Gasteiger partial charge in [0.05, 0.1) is 11.4 Å². The molecule has 3 atom stereocenters. The lowest BCUT2D eigenvalue weighted by Gasteiger charge is -2.43. The molecule has 0 bridgehead atoms. The number of halogens is 1. The number of hydrogen-bond acceptors (Lipinski definition) is 2. The van der Waals surface area contributed by atoms with Crippen LogP contribution in [0.4, 0.5) is 11.4 Å². The normalized spacial score (nSPS) is 29.4. The Morgan fingerprint density at radius 2 is 2.00 bits per heavy atom. The lowest BCUT2D eigenvalue weighted by molar-refractivity contribution is 0.297. The zero-order chi connectivity index (χ0) is 12.6. The van der Waals surface area contributed by atoms with Crippen molar-refractivity contribution in [1.82, 2.24) is 0 Å². The molecule has 0 aliphatic carbocycles. The highest BCUT2D eigenvalue weighted by Gasteiger charge is 2.29. The van der Waals surface area contributed by atoms with E-state index in [9.17, 15) is 0 Å². The number of anilines is 2. The van der Waals surface area contributed by atoms with Crippen molar-refractivity contribution >= 4 is 23.0 Å². The molecule has 0 spiro atoms. The molecule has 94 valence electrons. The Morgan fingerprint density at radius 3 is 2.65 bits per heavy atom. The number of piperidine rings is 1. The van der Waals surface area contributed by atoms with Gasteiger partial charge >= 0.3 is 0 Å². The first-order chi connectivity index (χ1) is 7.99. The van der Waals surface area contributed by atoms with E-state index in [4.69, 9.17) is 17.3 Å². The van der Waals surface area contributed by atoms with Crippen LogP contribution in [0.3, 0.4) is 0 Å². The largest absolute Gasteiger partial charge is 0.397 e. The second-order valence-corrected chi connectivity index (χ2v) is 5.85. The van der Waals surface area contributed by atoms with Crippen molar-refractivity contribution in [1.29, 1.82) is 0 Å². The first-order valence-corrected chi connectivity index (χ1v) is 6.68. The van der Waals surface area contributed by atoms with E-state index in [0.29, 0.717) is 17.0 Å². The zero-order valence-electron chi connectivity index (χ0n) is 10.8. The summed E-state index contributed by atoms with van der Waals surface area (Å²) >= 11 is 5.95. The van der Waals surface area contributed by atoms with Crippen LogP contribution in [0.25, 0.3) is 0 Å². The summed E-state index contributed by atoms with van der Waals surface area (Å²) in [4.78, 5) is 2.42. The maximum absolute atomic E-state index is 6.08. The van der Waals surface area contributed by atoms with Crippen molar-refractivity contribution < 1.29 is 0 Å². The molecule has 3 heteroatoms. The summed E-state index contributed by atoms with van der Waals surface area (Å²) in [7, 11) is 0. The van der Waals surface area contributed by atoms with E-state index < -0.39 is 0 Å². The Bertz CT molecular complexity index is 405. The number of hydrogen-bond donors (Lipinski definition) is 1. The lowest BCUT2D eigenvalue weighted by atomic mass is 9.85. The molecular formula is C14H21ClN2. The molecular weight excluding hydrogens is 232 g/mol. The second kappa shape index (κ2) is 4.77. The van der Waals surface area contributed by atoms with Crippen LogP contribution in [0, 0.1) is 11.8 Å². The summed E-state index contributed by atoms with van der Waals surface area (Å²) in [6, 6.07) is 6.34. The van der Waals surface area contributed by atoms with E-state index in [1.54, 1.807) is 0 Å².